The zero-order chi connectivity index (χ0) is 20.4. The Morgan fingerprint density at radius 3 is 2.76 bits per heavy atom. The number of ether oxygens (including phenoxy) is 2. The number of carbonyl (C=O) groups is 2. The zero-order valence-electron chi connectivity index (χ0n) is 16.9. The second-order valence-corrected chi connectivity index (χ2v) is 8.52. The highest BCUT2D eigenvalue weighted by atomic mass is 19.1. The summed E-state index contributed by atoms with van der Waals surface area (Å²) in [6.45, 7) is 3.50. The Morgan fingerprint density at radius 2 is 2.07 bits per heavy atom. The van der Waals surface area contributed by atoms with Crippen LogP contribution in [0.1, 0.15) is 55.8 Å². The summed E-state index contributed by atoms with van der Waals surface area (Å²) in [6.07, 6.45) is 5.18. The monoisotopic (exact) mass is 404 g/mol. The predicted molar refractivity (Wildman–Crippen MR) is 105 cm³/mol. The highest BCUT2D eigenvalue weighted by molar-refractivity contribution is 5.98. The van der Waals surface area contributed by atoms with Crippen molar-refractivity contribution >= 4 is 11.8 Å². The van der Waals surface area contributed by atoms with E-state index in [9.17, 15) is 14.0 Å². The first-order chi connectivity index (χ1) is 14.0. The maximum Gasteiger partial charge on any atom is 0.256 e. The second-order valence-electron chi connectivity index (χ2n) is 8.52. The molecule has 7 heteroatoms. The van der Waals surface area contributed by atoms with Crippen LogP contribution in [-0.2, 0) is 14.3 Å². The lowest BCUT2D eigenvalue weighted by molar-refractivity contribution is -0.128. The minimum absolute atomic E-state index is 0.0260. The van der Waals surface area contributed by atoms with Gasteiger partial charge in [0.15, 0.2) is 0 Å². The fourth-order valence-corrected chi connectivity index (χ4v) is 4.68. The molecule has 0 radical (unpaired) electrons. The molecule has 0 aromatic heterocycles. The van der Waals surface area contributed by atoms with E-state index in [0.29, 0.717) is 25.3 Å². The Labute approximate surface area is 170 Å². The van der Waals surface area contributed by atoms with E-state index in [1.165, 1.54) is 18.2 Å². The van der Waals surface area contributed by atoms with Crippen molar-refractivity contribution in [1.29, 1.82) is 0 Å². The standard InChI is InChI=1S/C22H29FN2O4/c1-15-7-9-22(10-8-15)25(21(27)16-4-2-5-17(23)12-16)19(14-29-22)20(26)24-13-18-6-3-11-28-18/h2,4-5,12,15,18-19H,3,6-11,13-14H2,1H3,(H,24,26)/t15?,18-,19+,22?/m1/s1. The number of halogens is 1. The lowest BCUT2D eigenvalue weighted by Gasteiger charge is -2.43. The van der Waals surface area contributed by atoms with Gasteiger partial charge in [-0.2, -0.15) is 0 Å². The lowest BCUT2D eigenvalue weighted by Crippen LogP contribution is -2.57. The molecular formula is C22H29FN2O4. The summed E-state index contributed by atoms with van der Waals surface area (Å²) >= 11 is 0. The highest BCUT2D eigenvalue weighted by Crippen LogP contribution is 2.43. The third kappa shape index (κ3) is 4.16. The fourth-order valence-electron chi connectivity index (χ4n) is 4.68. The van der Waals surface area contributed by atoms with Gasteiger partial charge in [-0.1, -0.05) is 13.0 Å². The van der Waals surface area contributed by atoms with E-state index in [1.54, 1.807) is 11.0 Å². The molecule has 1 aromatic rings. The molecule has 3 aliphatic rings. The second kappa shape index (κ2) is 8.40. The third-order valence-electron chi connectivity index (χ3n) is 6.44. The Hall–Kier alpha value is -1.99. The van der Waals surface area contributed by atoms with E-state index < -0.39 is 17.6 Å². The van der Waals surface area contributed by atoms with Crippen LogP contribution in [0.15, 0.2) is 24.3 Å². The number of amides is 2. The molecule has 1 spiro atoms. The summed E-state index contributed by atoms with van der Waals surface area (Å²) in [7, 11) is 0. The van der Waals surface area contributed by atoms with Gasteiger partial charge in [0.1, 0.15) is 17.6 Å². The van der Waals surface area contributed by atoms with E-state index in [4.69, 9.17) is 9.47 Å². The Bertz CT molecular complexity index is 757. The van der Waals surface area contributed by atoms with Crippen LogP contribution >= 0.6 is 0 Å². The predicted octanol–water partition coefficient (Wildman–Crippen LogP) is 2.87. The summed E-state index contributed by atoms with van der Waals surface area (Å²) in [4.78, 5) is 28.0. The van der Waals surface area contributed by atoms with E-state index in [-0.39, 0.29) is 30.1 Å². The van der Waals surface area contributed by atoms with Crippen LogP contribution in [0.25, 0.3) is 0 Å². The molecule has 158 valence electrons. The van der Waals surface area contributed by atoms with Gasteiger partial charge in [0.2, 0.25) is 5.91 Å². The number of nitrogens with zero attached hydrogens (tertiary/aromatic N) is 1. The maximum absolute atomic E-state index is 13.8. The van der Waals surface area contributed by atoms with Gasteiger partial charge >= 0.3 is 0 Å². The molecule has 2 atom stereocenters. The lowest BCUT2D eigenvalue weighted by atomic mass is 9.83. The molecule has 2 heterocycles. The molecule has 6 nitrogen and oxygen atoms in total. The molecule has 1 N–H and O–H groups in total. The van der Waals surface area contributed by atoms with Crippen LogP contribution in [0.4, 0.5) is 4.39 Å². The summed E-state index contributed by atoms with van der Waals surface area (Å²) in [5, 5.41) is 2.93. The van der Waals surface area contributed by atoms with Gasteiger partial charge in [-0.3, -0.25) is 14.5 Å². The summed E-state index contributed by atoms with van der Waals surface area (Å²) in [5.74, 6) is -0.501. The molecule has 2 amide bonds. The summed E-state index contributed by atoms with van der Waals surface area (Å²) in [5.41, 5.74) is -0.549. The quantitative estimate of drug-likeness (QED) is 0.838. The van der Waals surface area contributed by atoms with Crippen molar-refractivity contribution in [3.63, 3.8) is 0 Å². The van der Waals surface area contributed by atoms with Crippen molar-refractivity contribution in [3.8, 4) is 0 Å². The molecule has 29 heavy (non-hydrogen) atoms. The summed E-state index contributed by atoms with van der Waals surface area (Å²) in [6, 6.07) is 4.91. The van der Waals surface area contributed by atoms with E-state index >= 15 is 0 Å². The molecular weight excluding hydrogens is 375 g/mol. The zero-order valence-corrected chi connectivity index (χ0v) is 16.9. The van der Waals surface area contributed by atoms with Crippen LogP contribution in [0.5, 0.6) is 0 Å². The Balaban J connectivity index is 1.56. The van der Waals surface area contributed by atoms with Gasteiger partial charge in [-0.25, -0.2) is 4.39 Å². The van der Waals surface area contributed by atoms with Crippen molar-refractivity contribution in [2.45, 2.75) is 63.3 Å². The third-order valence-corrected chi connectivity index (χ3v) is 6.44. The van der Waals surface area contributed by atoms with Crippen molar-refractivity contribution < 1.29 is 23.5 Å². The first-order valence-electron chi connectivity index (χ1n) is 10.6. The Kier molecular flexibility index (Phi) is 5.88. The van der Waals surface area contributed by atoms with Gasteiger partial charge in [0.25, 0.3) is 5.91 Å². The molecule has 1 aromatic carbocycles. The minimum atomic E-state index is -0.790. The van der Waals surface area contributed by atoms with Crippen LogP contribution < -0.4 is 5.32 Å². The summed E-state index contributed by atoms with van der Waals surface area (Å²) < 4.78 is 25.5. The Morgan fingerprint density at radius 1 is 1.28 bits per heavy atom. The van der Waals surface area contributed by atoms with Gasteiger partial charge in [-0.15, -0.1) is 0 Å². The van der Waals surface area contributed by atoms with Gasteiger partial charge in [-0.05, 0) is 62.6 Å². The number of rotatable bonds is 4. The first-order valence-corrected chi connectivity index (χ1v) is 10.6. The maximum atomic E-state index is 13.8. The van der Waals surface area contributed by atoms with Crippen LogP contribution in [0.3, 0.4) is 0 Å². The van der Waals surface area contributed by atoms with Crippen molar-refractivity contribution in [2.24, 2.45) is 5.92 Å². The SMILES string of the molecule is CC1CCC2(CC1)OC[C@@H](C(=O)NC[C@H]1CCCO1)N2C(=O)c1cccc(F)c1. The van der Waals surface area contributed by atoms with Gasteiger partial charge in [0, 0.05) is 18.7 Å². The largest absolute Gasteiger partial charge is 0.376 e. The number of hydrogen-bond donors (Lipinski definition) is 1. The highest BCUT2D eigenvalue weighted by Gasteiger charge is 2.53. The van der Waals surface area contributed by atoms with Gasteiger partial charge in [0.05, 0.1) is 12.7 Å². The van der Waals surface area contributed by atoms with Crippen molar-refractivity contribution in [3.05, 3.63) is 35.6 Å². The van der Waals surface area contributed by atoms with E-state index in [2.05, 4.69) is 12.2 Å². The molecule has 4 rings (SSSR count). The van der Waals surface area contributed by atoms with Crippen molar-refractivity contribution in [2.75, 3.05) is 19.8 Å². The normalized spacial score (nSPS) is 31.9. The van der Waals surface area contributed by atoms with E-state index in [1.807, 2.05) is 0 Å². The molecule has 2 saturated heterocycles. The van der Waals surface area contributed by atoms with Crippen LogP contribution in [0, 0.1) is 11.7 Å². The average molecular weight is 404 g/mol. The smallest absolute Gasteiger partial charge is 0.256 e. The molecule has 2 aliphatic heterocycles. The number of carbonyl (C=O) groups excluding carboxylic acids is 2. The first kappa shape index (κ1) is 20.3. The fraction of sp³-hybridized carbons (Fsp3) is 0.636. The van der Waals surface area contributed by atoms with E-state index in [0.717, 1.165) is 32.3 Å². The molecule has 3 fully saturated rings. The average Bonchev–Trinajstić information content (AvgIpc) is 3.36. The van der Waals surface area contributed by atoms with Gasteiger partial charge < -0.3 is 14.8 Å². The van der Waals surface area contributed by atoms with Crippen LogP contribution in [-0.4, -0.2) is 54.3 Å². The molecule has 0 bridgehead atoms. The molecule has 0 unspecified atom stereocenters. The van der Waals surface area contributed by atoms with Crippen LogP contribution in [0.2, 0.25) is 0 Å². The van der Waals surface area contributed by atoms with Crippen molar-refractivity contribution in [1.82, 2.24) is 10.2 Å². The minimum Gasteiger partial charge on any atom is -0.376 e. The number of nitrogens with one attached hydrogen (secondary N) is 1. The molecule has 1 saturated carbocycles. The molecule has 1 aliphatic carbocycles. The number of hydrogen-bond acceptors (Lipinski definition) is 4. The topological polar surface area (TPSA) is 67.9 Å². The number of benzene rings is 1.